The number of hydrogen-bond acceptors (Lipinski definition) is 2. The smallest absolute Gasteiger partial charge is 0.383 e. The number of hydrogen-bond donors (Lipinski definition) is 1. The molecular weight excluding hydrogens is 197 g/mol. The van der Waals surface area contributed by atoms with Gasteiger partial charge in [0.1, 0.15) is 0 Å². The van der Waals surface area contributed by atoms with Gasteiger partial charge in [-0.1, -0.05) is 0 Å². The van der Waals surface area contributed by atoms with E-state index in [4.69, 9.17) is 5.11 Å². The van der Waals surface area contributed by atoms with E-state index in [1.54, 1.807) is 14.0 Å². The van der Waals surface area contributed by atoms with Crippen LogP contribution in [0.25, 0.3) is 0 Å². The quantitative estimate of drug-likeness (QED) is 0.792. The third-order valence-corrected chi connectivity index (χ3v) is 1.88. The van der Waals surface area contributed by atoms with E-state index >= 15 is 0 Å². The highest BCUT2D eigenvalue weighted by Crippen LogP contribution is 2.22. The summed E-state index contributed by atoms with van der Waals surface area (Å²) >= 11 is 0. The van der Waals surface area contributed by atoms with Gasteiger partial charge in [-0.05, 0) is 13.0 Å². The van der Waals surface area contributed by atoms with Crippen molar-refractivity contribution in [1.29, 1.82) is 0 Å². The SMILES string of the molecule is Cc1cc(CC(O)C(F)(F)F)n(C)n1. The maximum atomic E-state index is 12.0. The lowest BCUT2D eigenvalue weighted by Crippen LogP contribution is -2.31. The third-order valence-electron chi connectivity index (χ3n) is 1.88. The maximum Gasteiger partial charge on any atom is 0.414 e. The van der Waals surface area contributed by atoms with Gasteiger partial charge in [-0.15, -0.1) is 0 Å². The van der Waals surface area contributed by atoms with Crippen LogP contribution < -0.4 is 0 Å². The van der Waals surface area contributed by atoms with Crippen LogP contribution in [0.5, 0.6) is 0 Å². The van der Waals surface area contributed by atoms with E-state index in [0.29, 0.717) is 11.4 Å². The Balaban J connectivity index is 2.74. The van der Waals surface area contributed by atoms with Gasteiger partial charge in [0, 0.05) is 19.2 Å². The van der Waals surface area contributed by atoms with E-state index in [0.717, 1.165) is 0 Å². The van der Waals surface area contributed by atoms with Crippen LogP contribution in [0.1, 0.15) is 11.4 Å². The van der Waals surface area contributed by atoms with Crippen LogP contribution in [0.15, 0.2) is 6.07 Å². The summed E-state index contributed by atoms with van der Waals surface area (Å²) in [5.74, 6) is 0. The number of halogens is 3. The predicted molar refractivity (Wildman–Crippen MR) is 43.7 cm³/mol. The van der Waals surface area contributed by atoms with Gasteiger partial charge in [-0.25, -0.2) is 0 Å². The standard InChI is InChI=1S/C8H11F3N2O/c1-5-3-6(13(2)12-5)4-7(14)8(9,10)11/h3,7,14H,4H2,1-2H3. The molecule has 1 unspecified atom stereocenters. The van der Waals surface area contributed by atoms with Crippen LogP contribution in [0.4, 0.5) is 13.2 Å². The number of aliphatic hydroxyl groups excluding tert-OH is 1. The average Bonchev–Trinajstić information content (AvgIpc) is 2.28. The lowest BCUT2D eigenvalue weighted by Gasteiger charge is -2.13. The summed E-state index contributed by atoms with van der Waals surface area (Å²) in [7, 11) is 1.55. The highest BCUT2D eigenvalue weighted by atomic mass is 19.4. The van der Waals surface area contributed by atoms with Gasteiger partial charge >= 0.3 is 6.18 Å². The Morgan fingerprint density at radius 3 is 2.50 bits per heavy atom. The van der Waals surface area contributed by atoms with E-state index < -0.39 is 18.7 Å². The molecule has 0 saturated carbocycles. The third kappa shape index (κ3) is 2.47. The molecule has 0 aliphatic heterocycles. The molecule has 14 heavy (non-hydrogen) atoms. The molecular formula is C8H11F3N2O. The molecule has 0 spiro atoms. The molecule has 1 heterocycles. The van der Waals surface area contributed by atoms with E-state index in [9.17, 15) is 13.2 Å². The highest BCUT2D eigenvalue weighted by molar-refractivity contribution is 5.09. The molecule has 1 atom stereocenters. The second-order valence-electron chi connectivity index (χ2n) is 3.16. The Bertz CT molecular complexity index is 319. The molecule has 0 aliphatic carbocycles. The van der Waals surface area contributed by atoms with Gasteiger partial charge in [0.2, 0.25) is 0 Å². The number of aryl methyl sites for hydroxylation is 2. The molecule has 0 amide bonds. The van der Waals surface area contributed by atoms with Crippen LogP contribution in [0.3, 0.4) is 0 Å². The van der Waals surface area contributed by atoms with E-state index in [1.807, 2.05) is 0 Å². The zero-order valence-corrected chi connectivity index (χ0v) is 7.84. The number of aliphatic hydroxyl groups is 1. The summed E-state index contributed by atoms with van der Waals surface area (Å²) in [6, 6.07) is 1.52. The minimum absolute atomic E-state index is 0.368. The van der Waals surface area contributed by atoms with Gasteiger partial charge in [-0.2, -0.15) is 18.3 Å². The summed E-state index contributed by atoms with van der Waals surface area (Å²) in [6.45, 7) is 1.68. The fourth-order valence-electron chi connectivity index (χ4n) is 1.17. The fourth-order valence-corrected chi connectivity index (χ4v) is 1.17. The van der Waals surface area contributed by atoms with Crippen LogP contribution in [-0.4, -0.2) is 27.2 Å². The molecule has 0 radical (unpaired) electrons. The van der Waals surface area contributed by atoms with Gasteiger partial charge < -0.3 is 5.11 Å². The van der Waals surface area contributed by atoms with Crippen molar-refractivity contribution in [1.82, 2.24) is 9.78 Å². The van der Waals surface area contributed by atoms with Crippen LogP contribution in [0, 0.1) is 6.92 Å². The van der Waals surface area contributed by atoms with E-state index in [1.165, 1.54) is 10.7 Å². The summed E-state index contributed by atoms with van der Waals surface area (Å²) in [5, 5.41) is 12.7. The molecule has 0 fully saturated rings. The second-order valence-corrected chi connectivity index (χ2v) is 3.16. The van der Waals surface area contributed by atoms with Gasteiger partial charge in [0.25, 0.3) is 0 Å². The minimum Gasteiger partial charge on any atom is -0.383 e. The zero-order chi connectivity index (χ0) is 10.9. The van der Waals surface area contributed by atoms with Gasteiger partial charge in [0.05, 0.1) is 5.69 Å². The first-order valence-corrected chi connectivity index (χ1v) is 4.05. The number of rotatable bonds is 2. The van der Waals surface area contributed by atoms with Crippen molar-refractivity contribution >= 4 is 0 Å². The lowest BCUT2D eigenvalue weighted by molar-refractivity contribution is -0.203. The molecule has 0 bridgehead atoms. The van der Waals surface area contributed by atoms with Crippen LogP contribution in [0.2, 0.25) is 0 Å². The van der Waals surface area contributed by atoms with E-state index in [2.05, 4.69) is 5.10 Å². The van der Waals surface area contributed by atoms with Crippen molar-refractivity contribution in [3.63, 3.8) is 0 Å². The molecule has 1 N–H and O–H groups in total. The Labute approximate surface area is 79.2 Å². The summed E-state index contributed by atoms with van der Waals surface area (Å²) < 4.78 is 37.3. The predicted octanol–water partition coefficient (Wildman–Crippen LogP) is 1.19. The first kappa shape index (κ1) is 11.0. The first-order chi connectivity index (χ1) is 6.30. The Morgan fingerprint density at radius 2 is 2.14 bits per heavy atom. The molecule has 6 heteroatoms. The maximum absolute atomic E-state index is 12.0. The average molecular weight is 208 g/mol. The fraction of sp³-hybridized carbons (Fsp3) is 0.625. The van der Waals surface area contributed by atoms with Crippen molar-refractivity contribution in [3.05, 3.63) is 17.5 Å². The Hall–Kier alpha value is -1.04. The molecule has 0 aliphatic rings. The molecule has 3 nitrogen and oxygen atoms in total. The topological polar surface area (TPSA) is 38.0 Å². The number of aromatic nitrogens is 2. The van der Waals surface area contributed by atoms with Gasteiger partial charge in [0.15, 0.2) is 6.10 Å². The van der Waals surface area contributed by atoms with E-state index in [-0.39, 0.29) is 0 Å². The highest BCUT2D eigenvalue weighted by Gasteiger charge is 2.38. The zero-order valence-electron chi connectivity index (χ0n) is 7.84. The molecule has 0 saturated heterocycles. The lowest BCUT2D eigenvalue weighted by atomic mass is 10.2. The normalized spacial score (nSPS) is 14.4. The van der Waals surface area contributed by atoms with Crippen molar-refractivity contribution < 1.29 is 18.3 Å². The largest absolute Gasteiger partial charge is 0.414 e. The van der Waals surface area contributed by atoms with Crippen molar-refractivity contribution in [2.45, 2.75) is 25.6 Å². The molecule has 1 aromatic heterocycles. The van der Waals surface area contributed by atoms with Gasteiger partial charge in [-0.3, -0.25) is 4.68 Å². The van der Waals surface area contributed by atoms with Crippen molar-refractivity contribution in [2.75, 3.05) is 0 Å². The monoisotopic (exact) mass is 208 g/mol. The summed E-state index contributed by atoms with van der Waals surface area (Å²) in [5.41, 5.74) is 1.00. The molecule has 1 rings (SSSR count). The first-order valence-electron chi connectivity index (χ1n) is 4.05. The Kier molecular flexibility index (Phi) is 2.84. The molecule has 1 aromatic rings. The minimum atomic E-state index is -4.57. The number of nitrogens with zero attached hydrogens (tertiary/aromatic N) is 2. The molecule has 0 aromatic carbocycles. The second kappa shape index (κ2) is 3.61. The van der Waals surface area contributed by atoms with Crippen LogP contribution >= 0.6 is 0 Å². The van der Waals surface area contributed by atoms with Crippen molar-refractivity contribution in [2.24, 2.45) is 7.05 Å². The Morgan fingerprint density at radius 1 is 1.57 bits per heavy atom. The number of alkyl halides is 3. The summed E-state index contributed by atoms with van der Waals surface area (Å²) in [6.07, 6.45) is -7.35. The summed E-state index contributed by atoms with van der Waals surface area (Å²) in [4.78, 5) is 0. The van der Waals surface area contributed by atoms with Crippen LogP contribution in [-0.2, 0) is 13.5 Å². The molecule has 80 valence electrons. The van der Waals surface area contributed by atoms with Crippen molar-refractivity contribution in [3.8, 4) is 0 Å².